The molecule has 156 valence electrons. The van der Waals surface area contributed by atoms with Crippen LogP contribution in [0.2, 0.25) is 5.02 Å². The molecule has 3 aromatic carbocycles. The summed E-state index contributed by atoms with van der Waals surface area (Å²) in [5.74, 6) is -0.939. The smallest absolute Gasteiger partial charge is 0.335 e. The molecule has 3 aromatic rings. The Morgan fingerprint density at radius 1 is 0.967 bits per heavy atom. The second-order valence-electron chi connectivity index (χ2n) is 7.23. The minimum absolute atomic E-state index is 0.123. The standard InChI is InChI=1S/C24H25ClN2O3/c1-16(26-15-23(28)19-7-3-9-21(25)12-19)14-27-22-10-4-6-18(13-22)17-5-2-8-20(11-17)24(29)30/h2-13,16,23,26-28H,14-15H2,1H3,(H,29,30). The van der Waals surface area contributed by atoms with Crippen molar-refractivity contribution in [2.75, 3.05) is 18.4 Å². The highest BCUT2D eigenvalue weighted by atomic mass is 35.5. The molecule has 0 saturated heterocycles. The summed E-state index contributed by atoms with van der Waals surface area (Å²) in [6, 6.07) is 22.1. The Kier molecular flexibility index (Phi) is 7.46. The number of carboxylic acids is 1. The first kappa shape index (κ1) is 21.8. The van der Waals surface area contributed by atoms with Crippen molar-refractivity contribution < 1.29 is 15.0 Å². The lowest BCUT2D eigenvalue weighted by Crippen LogP contribution is -2.35. The maximum Gasteiger partial charge on any atom is 0.335 e. The van der Waals surface area contributed by atoms with E-state index in [4.69, 9.17) is 11.6 Å². The van der Waals surface area contributed by atoms with Gasteiger partial charge in [-0.1, -0.05) is 48.0 Å². The highest BCUT2D eigenvalue weighted by molar-refractivity contribution is 6.30. The third-order valence-corrected chi connectivity index (χ3v) is 5.05. The average molecular weight is 425 g/mol. The van der Waals surface area contributed by atoms with Gasteiger partial charge in [0, 0.05) is 29.8 Å². The van der Waals surface area contributed by atoms with Crippen molar-refractivity contribution in [3.05, 3.63) is 88.9 Å². The van der Waals surface area contributed by atoms with E-state index in [0.717, 1.165) is 22.4 Å². The minimum Gasteiger partial charge on any atom is -0.478 e. The average Bonchev–Trinajstić information content (AvgIpc) is 2.76. The monoisotopic (exact) mass is 424 g/mol. The Balaban J connectivity index is 1.55. The quantitative estimate of drug-likeness (QED) is 0.395. The van der Waals surface area contributed by atoms with Gasteiger partial charge in [0.15, 0.2) is 0 Å². The first-order valence-electron chi connectivity index (χ1n) is 9.77. The number of rotatable bonds is 9. The number of nitrogens with one attached hydrogen (secondary N) is 2. The molecule has 5 nitrogen and oxygen atoms in total. The largest absolute Gasteiger partial charge is 0.478 e. The fraction of sp³-hybridized carbons (Fsp3) is 0.208. The molecule has 2 unspecified atom stereocenters. The summed E-state index contributed by atoms with van der Waals surface area (Å²) >= 11 is 5.98. The first-order chi connectivity index (χ1) is 14.4. The number of aliphatic hydroxyl groups is 1. The number of carboxylic acid groups (broad SMARTS) is 1. The van der Waals surface area contributed by atoms with Crippen LogP contribution in [-0.4, -0.2) is 35.3 Å². The molecule has 0 heterocycles. The molecule has 0 amide bonds. The molecule has 4 N–H and O–H groups in total. The fourth-order valence-electron chi connectivity index (χ4n) is 3.13. The summed E-state index contributed by atoms with van der Waals surface area (Å²) in [5.41, 5.74) is 3.79. The van der Waals surface area contributed by atoms with Crippen molar-refractivity contribution >= 4 is 23.3 Å². The number of hydrogen-bond acceptors (Lipinski definition) is 4. The normalized spacial score (nSPS) is 12.9. The van der Waals surface area contributed by atoms with Crippen LogP contribution in [0.1, 0.15) is 28.9 Å². The molecular formula is C24H25ClN2O3. The number of hydrogen-bond donors (Lipinski definition) is 4. The van der Waals surface area contributed by atoms with Gasteiger partial charge < -0.3 is 20.8 Å². The lowest BCUT2D eigenvalue weighted by Gasteiger charge is -2.19. The third-order valence-electron chi connectivity index (χ3n) is 4.81. The van der Waals surface area contributed by atoms with Crippen LogP contribution in [0, 0.1) is 0 Å². The van der Waals surface area contributed by atoms with Crippen molar-refractivity contribution in [1.29, 1.82) is 0 Å². The van der Waals surface area contributed by atoms with Crippen LogP contribution in [0.5, 0.6) is 0 Å². The molecule has 0 fully saturated rings. The topological polar surface area (TPSA) is 81.6 Å². The van der Waals surface area contributed by atoms with Gasteiger partial charge in [-0.05, 0) is 60.0 Å². The van der Waals surface area contributed by atoms with E-state index in [-0.39, 0.29) is 11.6 Å². The first-order valence-corrected chi connectivity index (χ1v) is 10.1. The molecule has 0 aromatic heterocycles. The van der Waals surface area contributed by atoms with E-state index in [9.17, 15) is 15.0 Å². The summed E-state index contributed by atoms with van der Waals surface area (Å²) in [6.07, 6.45) is -0.629. The number of aromatic carboxylic acids is 1. The molecule has 6 heteroatoms. The summed E-state index contributed by atoms with van der Waals surface area (Å²) in [5, 5.41) is 26.8. The van der Waals surface area contributed by atoms with Gasteiger partial charge in [-0.15, -0.1) is 0 Å². The van der Waals surface area contributed by atoms with Crippen molar-refractivity contribution in [3.8, 4) is 11.1 Å². The van der Waals surface area contributed by atoms with Gasteiger partial charge in [-0.2, -0.15) is 0 Å². The number of anilines is 1. The van der Waals surface area contributed by atoms with Gasteiger partial charge in [-0.25, -0.2) is 4.79 Å². The molecule has 0 saturated carbocycles. The molecule has 0 radical (unpaired) electrons. The summed E-state index contributed by atoms with van der Waals surface area (Å²) in [6.45, 7) is 3.13. The van der Waals surface area contributed by atoms with E-state index in [2.05, 4.69) is 10.6 Å². The Labute approximate surface area is 181 Å². The van der Waals surface area contributed by atoms with E-state index in [1.54, 1.807) is 30.3 Å². The van der Waals surface area contributed by atoms with Crippen LogP contribution in [0.25, 0.3) is 11.1 Å². The van der Waals surface area contributed by atoms with Crippen molar-refractivity contribution in [3.63, 3.8) is 0 Å². The highest BCUT2D eigenvalue weighted by Gasteiger charge is 2.10. The zero-order valence-corrected chi connectivity index (χ0v) is 17.4. The van der Waals surface area contributed by atoms with E-state index >= 15 is 0 Å². The summed E-state index contributed by atoms with van der Waals surface area (Å²) < 4.78 is 0. The van der Waals surface area contributed by atoms with Gasteiger partial charge in [0.25, 0.3) is 0 Å². The van der Waals surface area contributed by atoms with Crippen LogP contribution in [0.4, 0.5) is 5.69 Å². The van der Waals surface area contributed by atoms with Crippen LogP contribution in [0.3, 0.4) is 0 Å². The summed E-state index contributed by atoms with van der Waals surface area (Å²) in [4.78, 5) is 11.2. The van der Waals surface area contributed by atoms with Crippen molar-refractivity contribution in [2.45, 2.75) is 19.1 Å². The zero-order chi connectivity index (χ0) is 21.5. The van der Waals surface area contributed by atoms with E-state index < -0.39 is 12.1 Å². The van der Waals surface area contributed by atoms with Gasteiger partial charge in [0.05, 0.1) is 11.7 Å². The highest BCUT2D eigenvalue weighted by Crippen LogP contribution is 2.24. The molecule has 0 aliphatic carbocycles. The Bertz CT molecular complexity index is 1010. The zero-order valence-electron chi connectivity index (χ0n) is 16.7. The Hall–Kier alpha value is -2.86. The third kappa shape index (κ3) is 6.07. The molecule has 30 heavy (non-hydrogen) atoms. The number of benzene rings is 3. The molecule has 0 bridgehead atoms. The lowest BCUT2D eigenvalue weighted by molar-refractivity contribution is 0.0697. The van der Waals surface area contributed by atoms with E-state index in [0.29, 0.717) is 18.1 Å². The second-order valence-corrected chi connectivity index (χ2v) is 7.66. The van der Waals surface area contributed by atoms with Crippen LogP contribution < -0.4 is 10.6 Å². The molecule has 0 spiro atoms. The molecule has 0 aliphatic heterocycles. The Morgan fingerprint density at radius 3 is 2.40 bits per heavy atom. The maximum absolute atomic E-state index is 11.2. The van der Waals surface area contributed by atoms with Crippen LogP contribution >= 0.6 is 11.6 Å². The van der Waals surface area contributed by atoms with Gasteiger partial charge in [0.1, 0.15) is 0 Å². The predicted octanol–water partition coefficient (Wildman–Crippen LogP) is 4.83. The lowest BCUT2D eigenvalue weighted by atomic mass is 10.0. The van der Waals surface area contributed by atoms with Crippen LogP contribution in [-0.2, 0) is 0 Å². The van der Waals surface area contributed by atoms with Crippen molar-refractivity contribution in [2.24, 2.45) is 0 Å². The van der Waals surface area contributed by atoms with Gasteiger partial charge in [-0.3, -0.25) is 0 Å². The SMILES string of the molecule is CC(CNc1cccc(-c2cccc(C(=O)O)c2)c1)NCC(O)c1cccc(Cl)c1. The van der Waals surface area contributed by atoms with Gasteiger partial charge in [0.2, 0.25) is 0 Å². The van der Waals surface area contributed by atoms with Crippen LogP contribution in [0.15, 0.2) is 72.8 Å². The molecule has 3 rings (SSSR count). The molecule has 0 aliphatic rings. The maximum atomic E-state index is 11.2. The number of halogens is 1. The van der Waals surface area contributed by atoms with E-state index in [1.165, 1.54) is 0 Å². The molecule has 2 atom stereocenters. The second kappa shape index (κ2) is 10.3. The number of carbonyl (C=O) groups is 1. The van der Waals surface area contributed by atoms with E-state index in [1.807, 2.05) is 49.4 Å². The fourth-order valence-corrected chi connectivity index (χ4v) is 3.33. The Morgan fingerprint density at radius 2 is 1.67 bits per heavy atom. The minimum atomic E-state index is -0.939. The predicted molar refractivity (Wildman–Crippen MR) is 121 cm³/mol. The number of aliphatic hydroxyl groups excluding tert-OH is 1. The van der Waals surface area contributed by atoms with Crippen molar-refractivity contribution in [1.82, 2.24) is 5.32 Å². The molecular weight excluding hydrogens is 400 g/mol. The summed E-state index contributed by atoms with van der Waals surface area (Å²) in [7, 11) is 0. The van der Waals surface area contributed by atoms with Gasteiger partial charge >= 0.3 is 5.97 Å².